The molecule has 6 heteroatoms. The number of aliphatic hydroxyl groups excluding tert-OH is 1. The van der Waals surface area contributed by atoms with Crippen LogP contribution in [-0.2, 0) is 19.1 Å². The van der Waals surface area contributed by atoms with Gasteiger partial charge in [-0.1, -0.05) is 0 Å². The van der Waals surface area contributed by atoms with Crippen molar-refractivity contribution in [2.75, 3.05) is 19.8 Å². The van der Waals surface area contributed by atoms with Crippen molar-refractivity contribution in [3.05, 3.63) is 0 Å². The maximum absolute atomic E-state index is 11.2. The first-order chi connectivity index (χ1) is 7.58. The van der Waals surface area contributed by atoms with Gasteiger partial charge in [-0.3, -0.25) is 9.59 Å². The second kappa shape index (κ2) is 12.7. The normalized spacial score (nSPS) is 9.12. The second-order valence-electron chi connectivity index (χ2n) is 2.66. The molecule has 0 amide bonds. The summed E-state index contributed by atoms with van der Waals surface area (Å²) in [6, 6.07) is 0. The lowest BCUT2D eigenvalue weighted by atomic mass is 10.2. The van der Waals surface area contributed by atoms with Gasteiger partial charge in [-0.2, -0.15) is 0 Å². The minimum Gasteiger partial charge on any atom is -0.465 e. The Bertz CT molecular complexity index is 178. The fourth-order valence-electron chi connectivity index (χ4n) is 0.818. The van der Waals surface area contributed by atoms with Crippen molar-refractivity contribution in [3.63, 3.8) is 0 Å². The highest BCUT2D eigenvalue weighted by Crippen LogP contribution is 2.07. The standard InChI is InChI=1S/C8H13O4.C2H6O.Mg/c1-4-11-7(9)6(3)8(10)12-5-2;1-2-3;/h6H,3-5H2,1-2H3;3H,2H2,1H3;/q;;+2. The van der Waals surface area contributed by atoms with Gasteiger partial charge in [0.25, 0.3) is 4.55 Å². The van der Waals surface area contributed by atoms with E-state index in [1.165, 1.54) is 0 Å². The number of esters is 2. The first-order valence-electron chi connectivity index (χ1n) is 5.32. The van der Waals surface area contributed by atoms with Crippen molar-refractivity contribution >= 4 is 33.6 Å². The zero-order chi connectivity index (χ0) is 13.0. The molecule has 0 aliphatic heterocycles. The smallest absolute Gasteiger partial charge is 0.465 e. The monoisotopic (exact) mass is 243 g/mol. The molecule has 0 fully saturated rings. The van der Waals surface area contributed by atoms with Gasteiger partial charge >= 0.3 is 33.6 Å². The van der Waals surface area contributed by atoms with Crippen LogP contribution in [0.25, 0.3) is 0 Å². The van der Waals surface area contributed by atoms with Crippen LogP contribution >= 0.6 is 0 Å². The molecule has 0 aromatic carbocycles. The summed E-state index contributed by atoms with van der Waals surface area (Å²) >= 11 is 1.55. The molecule has 0 heterocycles. The van der Waals surface area contributed by atoms with Gasteiger partial charge in [0.1, 0.15) is 0 Å². The van der Waals surface area contributed by atoms with E-state index in [-0.39, 0.29) is 19.8 Å². The highest BCUT2D eigenvalue weighted by molar-refractivity contribution is 6.13. The van der Waals surface area contributed by atoms with Crippen LogP contribution in [0.4, 0.5) is 0 Å². The maximum Gasteiger partial charge on any atom is 1.41 e. The van der Waals surface area contributed by atoms with Crippen molar-refractivity contribution < 1.29 is 24.2 Å². The predicted octanol–water partition coefficient (Wildman–Crippen LogP) is 0.314. The van der Waals surface area contributed by atoms with Gasteiger partial charge in [0, 0.05) is 6.61 Å². The van der Waals surface area contributed by atoms with Crippen LogP contribution in [0.3, 0.4) is 0 Å². The molecule has 0 unspecified atom stereocenters. The maximum atomic E-state index is 11.2. The lowest BCUT2D eigenvalue weighted by Crippen LogP contribution is -2.27. The Balaban J connectivity index is 0. The molecule has 1 N–H and O–H groups in total. The van der Waals surface area contributed by atoms with Crippen LogP contribution in [0.5, 0.6) is 0 Å². The molecule has 0 atom stereocenters. The van der Waals surface area contributed by atoms with Crippen molar-refractivity contribution in [2.24, 2.45) is 5.92 Å². The number of carbonyl (C=O) groups excluding carboxylic acids is 2. The molecule has 0 aliphatic rings. The first-order valence-corrected chi connectivity index (χ1v) is 6.32. The SMILES string of the molecule is CCO.CCOC(=O)C([CH2][Mg+2])C(=O)OCC. The Labute approximate surface area is 109 Å². The summed E-state index contributed by atoms with van der Waals surface area (Å²) in [5.74, 6) is -1.73. The number of aliphatic hydroxyl groups is 1. The average Bonchev–Trinajstić information content (AvgIpc) is 2.20. The Kier molecular flexibility index (Phi) is 14.4. The van der Waals surface area contributed by atoms with E-state index in [2.05, 4.69) is 0 Å². The summed E-state index contributed by atoms with van der Waals surface area (Å²) in [5.41, 5.74) is 0. The minimum absolute atomic E-state index is 0.250. The highest BCUT2D eigenvalue weighted by atomic mass is 24.4. The molecule has 0 saturated heterocycles. The number of hydrogen-bond acceptors (Lipinski definition) is 5. The topological polar surface area (TPSA) is 72.8 Å². The summed E-state index contributed by atoms with van der Waals surface area (Å²) in [4.78, 5) is 22.3. The largest absolute Gasteiger partial charge is 1.41 e. The summed E-state index contributed by atoms with van der Waals surface area (Å²) < 4.78 is 9.90. The van der Waals surface area contributed by atoms with Crippen LogP contribution < -0.4 is 0 Å². The number of ether oxygens (including phenoxy) is 2. The van der Waals surface area contributed by atoms with Crippen LogP contribution in [0, 0.1) is 5.92 Å². The third-order valence-corrected chi connectivity index (χ3v) is 2.01. The molecule has 0 rings (SSSR count). The van der Waals surface area contributed by atoms with E-state index >= 15 is 0 Å². The van der Waals surface area contributed by atoms with Crippen molar-refractivity contribution in [1.82, 2.24) is 0 Å². The van der Waals surface area contributed by atoms with E-state index in [0.29, 0.717) is 4.55 Å². The molecular weight excluding hydrogens is 224 g/mol. The van der Waals surface area contributed by atoms with Gasteiger partial charge < -0.3 is 14.6 Å². The molecule has 0 aromatic heterocycles. The van der Waals surface area contributed by atoms with Crippen molar-refractivity contribution in [2.45, 2.75) is 25.3 Å². The van der Waals surface area contributed by atoms with Crippen LogP contribution in [0.1, 0.15) is 20.8 Å². The molecule has 89 valence electrons. The van der Waals surface area contributed by atoms with E-state index in [1.54, 1.807) is 42.5 Å². The molecular formula is C10H19MgO5+2. The summed E-state index contributed by atoms with van der Waals surface area (Å²) in [6.07, 6.45) is 0. The fraction of sp³-hybridized carbons (Fsp3) is 0.800. The third-order valence-electron chi connectivity index (χ3n) is 1.43. The Morgan fingerprint density at radius 2 is 1.44 bits per heavy atom. The van der Waals surface area contributed by atoms with Gasteiger partial charge in [-0.15, -0.1) is 0 Å². The minimum atomic E-state index is -0.752. The number of rotatable bonds is 5. The second-order valence-corrected chi connectivity index (χ2v) is 3.24. The summed E-state index contributed by atoms with van der Waals surface area (Å²) in [6.45, 7) is 5.92. The number of hydrogen-bond donors (Lipinski definition) is 1. The molecule has 0 aromatic rings. The van der Waals surface area contributed by atoms with Gasteiger partial charge in [0.05, 0.1) is 13.2 Å². The predicted molar refractivity (Wildman–Crippen MR) is 60.1 cm³/mol. The van der Waals surface area contributed by atoms with E-state index in [4.69, 9.17) is 14.6 Å². The molecule has 0 saturated carbocycles. The van der Waals surface area contributed by atoms with Crippen LogP contribution in [0.2, 0.25) is 4.55 Å². The Morgan fingerprint density at radius 1 is 1.12 bits per heavy atom. The summed E-state index contributed by atoms with van der Waals surface area (Å²) in [5, 5.41) is 7.57. The van der Waals surface area contributed by atoms with Gasteiger partial charge in [0.15, 0.2) is 0 Å². The molecule has 16 heavy (non-hydrogen) atoms. The van der Waals surface area contributed by atoms with Gasteiger partial charge in [0.2, 0.25) is 5.92 Å². The third kappa shape index (κ3) is 8.93. The zero-order valence-corrected chi connectivity index (χ0v) is 11.6. The fourth-order valence-corrected chi connectivity index (χ4v) is 1.29. The first kappa shape index (κ1) is 18.0. The van der Waals surface area contributed by atoms with E-state index < -0.39 is 17.9 Å². The zero-order valence-electron chi connectivity index (χ0n) is 10.2. The molecule has 5 nitrogen and oxygen atoms in total. The van der Waals surface area contributed by atoms with Crippen LogP contribution in [-0.4, -0.2) is 58.6 Å². The lowest BCUT2D eigenvalue weighted by Gasteiger charge is -2.06. The Hall–Kier alpha value is -0.334. The highest BCUT2D eigenvalue weighted by Gasteiger charge is 2.43. The van der Waals surface area contributed by atoms with Crippen molar-refractivity contribution in [1.29, 1.82) is 0 Å². The quantitative estimate of drug-likeness (QED) is 0.428. The summed E-state index contributed by atoms with van der Waals surface area (Å²) in [7, 11) is 0. The van der Waals surface area contributed by atoms with Gasteiger partial charge in [-0.05, 0) is 20.8 Å². The average molecular weight is 244 g/mol. The molecule has 0 spiro atoms. The van der Waals surface area contributed by atoms with E-state index in [0.717, 1.165) is 0 Å². The Morgan fingerprint density at radius 3 is 1.62 bits per heavy atom. The molecule has 0 aliphatic carbocycles. The lowest BCUT2D eigenvalue weighted by molar-refractivity contribution is -0.160. The van der Waals surface area contributed by atoms with Crippen molar-refractivity contribution in [3.8, 4) is 0 Å². The molecule has 7 radical (unpaired) electrons. The van der Waals surface area contributed by atoms with Crippen LogP contribution in [0.15, 0.2) is 0 Å². The van der Waals surface area contributed by atoms with E-state index in [9.17, 15) is 9.59 Å². The van der Waals surface area contributed by atoms with Gasteiger partial charge in [-0.25, -0.2) is 0 Å². The number of carbonyl (C=O) groups is 2. The van der Waals surface area contributed by atoms with E-state index in [1.807, 2.05) is 0 Å². The molecule has 0 bridgehead atoms.